The van der Waals surface area contributed by atoms with Gasteiger partial charge in [-0.05, 0) is 62.5 Å². The zero-order chi connectivity index (χ0) is 37.7. The molecule has 4 aromatic heterocycles. The third kappa shape index (κ3) is 7.04. The fraction of sp³-hybridized carbons (Fsp3) is 0.471. The molecule has 3 atom stereocenters. The Kier molecular flexibility index (Phi) is 9.61. The number of pyridine rings is 2. The zero-order valence-electron chi connectivity index (χ0n) is 28.7. The van der Waals surface area contributed by atoms with Crippen LogP contribution in [0.3, 0.4) is 0 Å². The SMILES string of the molecule is Cc1nsc(/C=C/C(=O)N2CCN(c3nc(OC[C@@]45CCCN4C[C@H](F)C5)nc4c(F)c(-c5nc(N)cc(C)c5C(F)(F)F)ncc34)C[C@@H]2CC#N)n1. The highest BCUT2D eigenvalue weighted by molar-refractivity contribution is 7.06. The van der Waals surface area contributed by atoms with Crippen LogP contribution in [-0.2, 0) is 11.0 Å². The molecular weight excluding hydrogens is 722 g/mol. The number of nitriles is 1. The number of halogens is 5. The van der Waals surface area contributed by atoms with Gasteiger partial charge >= 0.3 is 12.2 Å². The van der Waals surface area contributed by atoms with E-state index in [9.17, 15) is 27.6 Å². The van der Waals surface area contributed by atoms with Gasteiger partial charge < -0.3 is 20.3 Å². The Morgan fingerprint density at radius 1 is 1.17 bits per heavy atom. The number of carbonyl (C=O) groups is 1. The van der Waals surface area contributed by atoms with Gasteiger partial charge in [0.15, 0.2) is 5.82 Å². The van der Waals surface area contributed by atoms with Gasteiger partial charge in [-0.2, -0.15) is 32.8 Å². The van der Waals surface area contributed by atoms with Gasteiger partial charge in [0.05, 0.1) is 35.0 Å². The number of piperazine rings is 1. The molecular formula is C34H34F5N11O2S. The minimum absolute atomic E-state index is 0.00588. The van der Waals surface area contributed by atoms with E-state index < -0.39 is 46.7 Å². The Morgan fingerprint density at radius 2 is 1.98 bits per heavy atom. The number of aryl methyl sites for hydroxylation is 2. The van der Waals surface area contributed by atoms with E-state index in [0.29, 0.717) is 23.8 Å². The maximum atomic E-state index is 16.7. The molecule has 3 saturated heterocycles. The Labute approximate surface area is 304 Å². The largest absolute Gasteiger partial charge is 0.461 e. The van der Waals surface area contributed by atoms with Gasteiger partial charge in [-0.3, -0.25) is 14.7 Å². The minimum atomic E-state index is -4.91. The normalized spacial score (nSPS) is 22.2. The Morgan fingerprint density at radius 3 is 2.72 bits per heavy atom. The van der Waals surface area contributed by atoms with E-state index in [0.717, 1.165) is 24.0 Å². The Balaban J connectivity index is 1.28. The predicted octanol–water partition coefficient (Wildman–Crippen LogP) is 4.89. The quantitative estimate of drug-likeness (QED) is 0.192. The number of alkyl halides is 4. The number of aromatic nitrogens is 6. The molecule has 13 nitrogen and oxygen atoms in total. The molecule has 4 aromatic rings. The molecule has 0 aliphatic carbocycles. The lowest BCUT2D eigenvalue weighted by molar-refractivity contribution is -0.137. The van der Waals surface area contributed by atoms with Crippen LogP contribution >= 0.6 is 11.5 Å². The fourth-order valence-electron chi connectivity index (χ4n) is 7.60. The van der Waals surface area contributed by atoms with Crippen LogP contribution in [0.25, 0.3) is 28.4 Å². The summed E-state index contributed by atoms with van der Waals surface area (Å²) in [6.07, 6.45) is -0.137. The van der Waals surface area contributed by atoms with Crippen molar-refractivity contribution in [3.8, 4) is 23.5 Å². The van der Waals surface area contributed by atoms with E-state index in [1.54, 1.807) is 22.8 Å². The van der Waals surface area contributed by atoms with Crippen molar-refractivity contribution in [2.24, 2.45) is 0 Å². The van der Waals surface area contributed by atoms with Gasteiger partial charge in [0.2, 0.25) is 5.91 Å². The summed E-state index contributed by atoms with van der Waals surface area (Å²) < 4.78 is 84.2. The summed E-state index contributed by atoms with van der Waals surface area (Å²) in [6, 6.07) is 2.27. The van der Waals surface area contributed by atoms with Gasteiger partial charge in [0.25, 0.3) is 0 Å². The summed E-state index contributed by atoms with van der Waals surface area (Å²) in [7, 11) is 0. The summed E-state index contributed by atoms with van der Waals surface area (Å²) in [6.45, 7) is 4.33. The van der Waals surface area contributed by atoms with Crippen molar-refractivity contribution in [2.45, 2.75) is 63.5 Å². The second kappa shape index (κ2) is 14.0. The molecule has 0 saturated carbocycles. The van der Waals surface area contributed by atoms with E-state index in [1.807, 2.05) is 4.90 Å². The molecule has 3 aliphatic rings. The van der Waals surface area contributed by atoms with Crippen LogP contribution in [-0.4, -0.2) is 102 Å². The van der Waals surface area contributed by atoms with Crippen molar-refractivity contribution in [1.82, 2.24) is 39.1 Å². The van der Waals surface area contributed by atoms with E-state index in [-0.39, 0.29) is 85.6 Å². The van der Waals surface area contributed by atoms with E-state index in [2.05, 4.69) is 35.4 Å². The second-order valence-corrected chi connectivity index (χ2v) is 14.3. The minimum Gasteiger partial charge on any atom is -0.461 e. The molecule has 19 heteroatoms. The van der Waals surface area contributed by atoms with Gasteiger partial charge in [0, 0.05) is 44.9 Å². The van der Waals surface area contributed by atoms with Gasteiger partial charge in [-0.25, -0.2) is 18.7 Å². The summed E-state index contributed by atoms with van der Waals surface area (Å²) in [5, 5.41) is 10.3. The zero-order valence-corrected chi connectivity index (χ0v) is 29.5. The number of rotatable bonds is 8. The van der Waals surface area contributed by atoms with Gasteiger partial charge in [-0.1, -0.05) is 0 Å². The van der Waals surface area contributed by atoms with E-state index in [1.165, 1.54) is 19.2 Å². The molecule has 2 N–H and O–H groups in total. The van der Waals surface area contributed by atoms with Crippen LogP contribution in [0.15, 0.2) is 18.3 Å². The Bertz CT molecular complexity index is 2140. The Hall–Kier alpha value is -5.09. The van der Waals surface area contributed by atoms with Crippen LogP contribution in [0.4, 0.5) is 33.6 Å². The van der Waals surface area contributed by atoms with Crippen molar-refractivity contribution in [1.29, 1.82) is 5.26 Å². The van der Waals surface area contributed by atoms with Crippen LogP contribution in [0, 0.1) is 31.0 Å². The van der Waals surface area contributed by atoms with Crippen molar-refractivity contribution in [3.05, 3.63) is 46.1 Å². The number of hydrogen-bond donors (Lipinski definition) is 1. The summed E-state index contributed by atoms with van der Waals surface area (Å²) in [5.41, 5.74) is 1.86. The molecule has 3 aliphatic heterocycles. The number of ether oxygens (including phenoxy) is 1. The number of anilines is 2. The first-order valence-corrected chi connectivity index (χ1v) is 17.7. The molecule has 7 rings (SSSR count). The summed E-state index contributed by atoms with van der Waals surface area (Å²) >= 11 is 1.14. The molecule has 278 valence electrons. The lowest BCUT2D eigenvalue weighted by atomic mass is 9.95. The van der Waals surface area contributed by atoms with Crippen LogP contribution in [0.5, 0.6) is 6.01 Å². The third-order valence-electron chi connectivity index (χ3n) is 9.92. The third-order valence-corrected chi connectivity index (χ3v) is 10.7. The van der Waals surface area contributed by atoms with Gasteiger partial charge in [-0.15, -0.1) is 0 Å². The molecule has 7 heterocycles. The summed E-state index contributed by atoms with van der Waals surface area (Å²) in [5.74, 6) is -1.09. The first-order valence-electron chi connectivity index (χ1n) is 16.9. The first-order chi connectivity index (χ1) is 25.3. The smallest absolute Gasteiger partial charge is 0.418 e. The molecule has 53 heavy (non-hydrogen) atoms. The molecule has 0 bridgehead atoms. The maximum absolute atomic E-state index is 16.7. The molecule has 0 radical (unpaired) electrons. The lowest BCUT2D eigenvalue weighted by Gasteiger charge is -2.41. The monoisotopic (exact) mass is 755 g/mol. The lowest BCUT2D eigenvalue weighted by Crippen LogP contribution is -2.55. The number of amides is 1. The predicted molar refractivity (Wildman–Crippen MR) is 185 cm³/mol. The molecule has 1 amide bonds. The topological polar surface area (TPSA) is 163 Å². The van der Waals surface area contributed by atoms with Crippen molar-refractivity contribution in [3.63, 3.8) is 0 Å². The maximum Gasteiger partial charge on any atom is 0.418 e. The number of nitrogens with two attached hydrogens (primary N) is 1. The molecule has 0 aromatic carbocycles. The van der Waals surface area contributed by atoms with Crippen LogP contribution < -0.4 is 15.4 Å². The van der Waals surface area contributed by atoms with Crippen molar-refractivity contribution >= 4 is 46.1 Å². The average molecular weight is 756 g/mol. The highest BCUT2D eigenvalue weighted by Gasteiger charge is 2.49. The number of nitrogen functional groups attached to an aromatic ring is 1. The van der Waals surface area contributed by atoms with E-state index in [4.69, 9.17) is 10.5 Å². The number of fused-ring (bicyclic) bond motifs is 2. The summed E-state index contributed by atoms with van der Waals surface area (Å²) in [4.78, 5) is 39.8. The molecule has 0 spiro atoms. The van der Waals surface area contributed by atoms with Crippen molar-refractivity contribution in [2.75, 3.05) is 50.0 Å². The second-order valence-electron chi connectivity index (χ2n) is 13.5. The molecule has 3 fully saturated rings. The highest BCUT2D eigenvalue weighted by Crippen LogP contribution is 2.42. The van der Waals surface area contributed by atoms with Crippen molar-refractivity contribution < 1.29 is 31.5 Å². The number of nitrogens with zero attached hydrogens (tertiary/aromatic N) is 10. The first kappa shape index (κ1) is 36.3. The fourth-order valence-corrected chi connectivity index (χ4v) is 8.17. The standard InChI is InChI=1S/C34H34F5N11O2S/c1-18-12-23(41)44-29(26(18)34(37,38)39)30-27(36)28-22(14-42-30)31(46-32(45-28)52-17-33-7-3-9-49(33)15-20(35)13-33)48-10-11-50(21(16-48)6-8-40)25(51)5-4-24-43-19(2)47-53-24/h4-5,12,14,20-21H,3,6-7,9-11,13,15-17H2,1-2H3,(H2,41,44)/b5-4+/t20-,21+,33+/m1/s1. The van der Waals surface area contributed by atoms with Crippen LogP contribution in [0.1, 0.15) is 47.6 Å². The van der Waals surface area contributed by atoms with Crippen LogP contribution in [0.2, 0.25) is 0 Å². The van der Waals surface area contributed by atoms with Gasteiger partial charge in [0.1, 0.15) is 52.2 Å². The molecule has 0 unspecified atom stereocenters. The number of carbonyl (C=O) groups excluding carboxylic acids is 1. The highest BCUT2D eigenvalue weighted by atomic mass is 32.1. The average Bonchev–Trinajstić information content (AvgIpc) is 3.78. The number of hydrogen-bond acceptors (Lipinski definition) is 13. The van der Waals surface area contributed by atoms with E-state index >= 15 is 4.39 Å².